The van der Waals surface area contributed by atoms with E-state index < -0.39 is 40.8 Å². The van der Waals surface area contributed by atoms with Crippen molar-refractivity contribution in [1.82, 2.24) is 24.5 Å². The first-order valence-electron chi connectivity index (χ1n) is 10.2. The zero-order chi connectivity index (χ0) is 23.7. The number of carbonyl (C=O) groups excluding carboxylic acids is 1. The molecule has 0 spiro atoms. The third-order valence-electron chi connectivity index (χ3n) is 5.93. The van der Waals surface area contributed by atoms with Gasteiger partial charge in [0.25, 0.3) is 5.91 Å². The Kier molecular flexibility index (Phi) is 4.80. The maximum atomic E-state index is 13.8. The molecule has 2 aromatic heterocycles. The van der Waals surface area contributed by atoms with Gasteiger partial charge in [0.2, 0.25) is 0 Å². The topological polar surface area (TPSA) is 56.0 Å². The average Bonchev–Trinajstić information content (AvgIpc) is 3.39. The molecule has 33 heavy (non-hydrogen) atoms. The molecule has 1 aromatic carbocycles. The number of amides is 1. The van der Waals surface area contributed by atoms with E-state index in [4.69, 9.17) is 0 Å². The van der Waals surface area contributed by atoms with E-state index in [9.17, 15) is 31.1 Å². The summed E-state index contributed by atoms with van der Waals surface area (Å²) in [5, 5.41) is 8.11. The van der Waals surface area contributed by atoms with Gasteiger partial charge in [0, 0.05) is 24.7 Å². The van der Waals surface area contributed by atoms with Crippen LogP contribution in [0.25, 0.3) is 11.3 Å². The molecule has 0 saturated heterocycles. The maximum absolute atomic E-state index is 13.8. The summed E-state index contributed by atoms with van der Waals surface area (Å²) >= 11 is 0. The largest absolute Gasteiger partial charge is 0.433 e. The molecule has 0 radical (unpaired) electrons. The molecule has 0 bridgehead atoms. The first-order chi connectivity index (χ1) is 15.6. The number of aromatic nitrogens is 4. The van der Waals surface area contributed by atoms with Crippen molar-refractivity contribution in [2.24, 2.45) is 7.05 Å². The van der Waals surface area contributed by atoms with Crippen molar-refractivity contribution in [1.29, 1.82) is 0 Å². The molecule has 2 aliphatic rings. The van der Waals surface area contributed by atoms with Gasteiger partial charge in [-0.05, 0) is 31.4 Å². The number of alkyl halides is 3. The second kappa shape index (κ2) is 7.35. The second-order valence-corrected chi connectivity index (χ2v) is 8.21. The first kappa shape index (κ1) is 21.5. The zero-order valence-corrected chi connectivity index (χ0v) is 17.3. The van der Waals surface area contributed by atoms with Crippen LogP contribution in [-0.4, -0.2) is 36.9 Å². The van der Waals surface area contributed by atoms with Crippen LogP contribution in [0.3, 0.4) is 0 Å². The molecule has 0 unspecified atom stereocenters. The summed E-state index contributed by atoms with van der Waals surface area (Å²) in [6, 6.07) is 1.36. The van der Waals surface area contributed by atoms with E-state index in [1.54, 1.807) is 0 Å². The zero-order valence-electron chi connectivity index (χ0n) is 17.3. The van der Waals surface area contributed by atoms with Crippen molar-refractivity contribution in [3.63, 3.8) is 0 Å². The van der Waals surface area contributed by atoms with E-state index in [2.05, 4.69) is 10.2 Å². The lowest BCUT2D eigenvalue weighted by molar-refractivity contribution is -0.144. The number of aryl methyl sites for hydroxylation is 1. The molecule has 3 heterocycles. The monoisotopic (exact) mass is 469 g/mol. The van der Waals surface area contributed by atoms with Crippen molar-refractivity contribution in [2.75, 3.05) is 6.54 Å². The summed E-state index contributed by atoms with van der Waals surface area (Å²) in [4.78, 5) is 14.3. The molecular formula is C21H17F6N5O. The van der Waals surface area contributed by atoms with Gasteiger partial charge in [-0.1, -0.05) is 0 Å². The predicted octanol–water partition coefficient (Wildman–Crippen LogP) is 4.25. The summed E-state index contributed by atoms with van der Waals surface area (Å²) < 4.78 is 84.2. The van der Waals surface area contributed by atoms with Crippen LogP contribution in [0.15, 0.2) is 18.3 Å². The first-order valence-corrected chi connectivity index (χ1v) is 10.2. The Balaban J connectivity index is 1.47. The maximum Gasteiger partial charge on any atom is 0.433 e. The van der Waals surface area contributed by atoms with Gasteiger partial charge in [-0.15, -0.1) is 0 Å². The van der Waals surface area contributed by atoms with Gasteiger partial charge in [0.1, 0.15) is 0 Å². The van der Waals surface area contributed by atoms with Gasteiger partial charge < -0.3 is 4.90 Å². The summed E-state index contributed by atoms with van der Waals surface area (Å²) in [6.07, 6.45) is -2.44. The molecule has 6 nitrogen and oxygen atoms in total. The van der Waals surface area contributed by atoms with Gasteiger partial charge in [0.15, 0.2) is 23.1 Å². The normalized spacial score (nSPS) is 16.3. The second-order valence-electron chi connectivity index (χ2n) is 8.21. The number of halogens is 6. The van der Waals surface area contributed by atoms with Gasteiger partial charge in [-0.25, -0.2) is 13.2 Å². The number of rotatable bonds is 3. The third kappa shape index (κ3) is 3.57. The van der Waals surface area contributed by atoms with E-state index >= 15 is 0 Å². The molecule has 1 amide bonds. The number of nitrogens with zero attached hydrogens (tertiary/aromatic N) is 5. The fourth-order valence-corrected chi connectivity index (χ4v) is 4.31. The van der Waals surface area contributed by atoms with Gasteiger partial charge in [-0.2, -0.15) is 23.4 Å². The highest BCUT2D eigenvalue weighted by Gasteiger charge is 2.44. The molecule has 3 aromatic rings. The summed E-state index contributed by atoms with van der Waals surface area (Å²) in [7, 11) is 1.53. The number of hydrogen-bond donors (Lipinski definition) is 0. The van der Waals surface area contributed by atoms with Gasteiger partial charge in [-0.3, -0.25) is 14.2 Å². The lowest BCUT2D eigenvalue weighted by Gasteiger charge is -2.27. The van der Waals surface area contributed by atoms with Crippen LogP contribution in [0.5, 0.6) is 0 Å². The molecule has 5 rings (SSSR count). The highest BCUT2D eigenvalue weighted by molar-refractivity contribution is 5.95. The Morgan fingerprint density at radius 1 is 1.12 bits per heavy atom. The number of benzene rings is 1. The Morgan fingerprint density at radius 2 is 1.79 bits per heavy atom. The summed E-state index contributed by atoms with van der Waals surface area (Å²) in [5.74, 6) is -5.09. The molecule has 174 valence electrons. The van der Waals surface area contributed by atoms with Crippen LogP contribution in [0.1, 0.15) is 46.2 Å². The summed E-state index contributed by atoms with van der Waals surface area (Å²) in [6.45, 7) is -0.0112. The predicted molar refractivity (Wildman–Crippen MR) is 102 cm³/mol. The fraction of sp³-hybridized carbons (Fsp3) is 0.381. The van der Waals surface area contributed by atoms with Crippen LogP contribution in [-0.2, 0) is 26.2 Å². The van der Waals surface area contributed by atoms with E-state index in [0.29, 0.717) is 29.8 Å². The molecule has 1 saturated carbocycles. The van der Waals surface area contributed by atoms with E-state index in [1.807, 2.05) is 0 Å². The van der Waals surface area contributed by atoms with Crippen molar-refractivity contribution >= 4 is 5.91 Å². The summed E-state index contributed by atoms with van der Waals surface area (Å²) in [5.41, 5.74) is -0.159. The smallest absolute Gasteiger partial charge is 0.332 e. The number of hydrogen-bond acceptors (Lipinski definition) is 3. The Hall–Kier alpha value is -3.31. The average molecular weight is 469 g/mol. The lowest BCUT2D eigenvalue weighted by atomic mass is 9.99. The van der Waals surface area contributed by atoms with Crippen molar-refractivity contribution < 1.29 is 31.1 Å². The van der Waals surface area contributed by atoms with Crippen LogP contribution in [0.4, 0.5) is 26.3 Å². The van der Waals surface area contributed by atoms with Crippen LogP contribution in [0, 0.1) is 17.5 Å². The molecule has 12 heteroatoms. The third-order valence-corrected chi connectivity index (χ3v) is 5.93. The van der Waals surface area contributed by atoms with Gasteiger partial charge >= 0.3 is 6.18 Å². The molecule has 1 fully saturated rings. The van der Waals surface area contributed by atoms with Crippen LogP contribution in [0.2, 0.25) is 0 Å². The minimum atomic E-state index is -4.74. The molecule has 1 aliphatic heterocycles. The van der Waals surface area contributed by atoms with Crippen molar-refractivity contribution in [3.8, 4) is 11.3 Å². The van der Waals surface area contributed by atoms with E-state index in [1.165, 1.54) is 16.6 Å². The van der Waals surface area contributed by atoms with Crippen molar-refractivity contribution in [2.45, 2.75) is 38.0 Å². The molecule has 0 N–H and O–H groups in total. The van der Waals surface area contributed by atoms with E-state index in [-0.39, 0.29) is 31.1 Å². The van der Waals surface area contributed by atoms with Crippen molar-refractivity contribution in [3.05, 3.63) is 58.3 Å². The van der Waals surface area contributed by atoms with E-state index in [0.717, 1.165) is 23.0 Å². The van der Waals surface area contributed by atoms with Crippen LogP contribution >= 0.6 is 0 Å². The SMILES string of the molecule is Cn1nc2c(c1-c1cc(F)c(F)c(F)c1)CCN(C(=O)c1cnn(C3CC3)c1C(F)(F)F)C2. The Labute approximate surface area is 183 Å². The molecular weight excluding hydrogens is 452 g/mol. The Bertz CT molecular complexity index is 1250. The molecule has 1 aliphatic carbocycles. The Morgan fingerprint density at radius 3 is 2.39 bits per heavy atom. The number of fused-ring (bicyclic) bond motifs is 1. The quantitative estimate of drug-likeness (QED) is 0.426. The fourth-order valence-electron chi connectivity index (χ4n) is 4.31. The lowest BCUT2D eigenvalue weighted by Crippen LogP contribution is -2.37. The molecule has 0 atom stereocenters. The highest BCUT2D eigenvalue weighted by atomic mass is 19.4. The van der Waals surface area contributed by atoms with Crippen LogP contribution < -0.4 is 0 Å². The highest BCUT2D eigenvalue weighted by Crippen LogP contribution is 2.42. The standard InChI is InChI=1S/C21H17F6N5O/c1-30-18(10-6-14(22)17(24)15(23)7-10)12-4-5-31(9-16(12)29-30)20(33)13-8-28-32(11-2-3-11)19(13)21(25,26)27/h6-8,11H,2-5,9H2,1H3. The van der Waals surface area contributed by atoms with Gasteiger partial charge in [0.05, 0.1) is 35.7 Å². The number of carbonyl (C=O) groups is 1. The minimum absolute atomic E-state index is 0.0720. The minimum Gasteiger partial charge on any atom is -0.332 e.